The van der Waals surface area contributed by atoms with Gasteiger partial charge in [0.05, 0.1) is 6.61 Å². The molecule has 44 heavy (non-hydrogen) atoms. The summed E-state index contributed by atoms with van der Waals surface area (Å²) < 4.78 is 32.8. The molecule has 1 aliphatic rings. The molecule has 0 heterocycles. The van der Waals surface area contributed by atoms with Gasteiger partial charge < -0.3 is 39.9 Å². The second-order valence-corrected chi connectivity index (χ2v) is 12.7. The number of hydrogen-bond acceptors (Lipinski definition) is 12. The molecule has 0 bridgehead atoms. The molecule has 6 atom stereocenters. The fraction of sp³-hybridized carbons (Fsp3) is 0.867. The molecule has 0 aromatic heterocycles. The Bertz CT molecular complexity index is 854. The van der Waals surface area contributed by atoms with E-state index < -0.39 is 75.7 Å². The molecule has 14 heteroatoms. The summed E-state index contributed by atoms with van der Waals surface area (Å²) in [6.45, 7) is 2.99. The van der Waals surface area contributed by atoms with Crippen LogP contribution in [0.2, 0.25) is 0 Å². The lowest BCUT2D eigenvalue weighted by Gasteiger charge is -2.41. The van der Waals surface area contributed by atoms with Crippen LogP contribution >= 0.6 is 7.82 Å². The molecule has 0 amide bonds. The molecule has 6 N–H and O–H groups in total. The van der Waals surface area contributed by atoms with Gasteiger partial charge in [0.2, 0.25) is 0 Å². The molecular formula is C30H55O13P. The highest BCUT2D eigenvalue weighted by molar-refractivity contribution is 7.47. The van der Waals surface area contributed by atoms with Crippen molar-refractivity contribution in [3.8, 4) is 0 Å². The summed E-state index contributed by atoms with van der Waals surface area (Å²) in [5.41, 5.74) is 0. The van der Waals surface area contributed by atoms with Gasteiger partial charge in [-0.05, 0) is 38.5 Å². The van der Waals surface area contributed by atoms with Crippen molar-refractivity contribution in [1.29, 1.82) is 0 Å². The van der Waals surface area contributed by atoms with E-state index in [1.165, 1.54) is 19.3 Å². The Morgan fingerprint density at radius 1 is 0.682 bits per heavy atom. The predicted octanol–water partition coefficient (Wildman–Crippen LogP) is 3.21. The molecule has 0 aromatic rings. The molecule has 1 aliphatic carbocycles. The Labute approximate surface area is 261 Å². The van der Waals surface area contributed by atoms with Gasteiger partial charge >= 0.3 is 19.8 Å². The third kappa shape index (κ3) is 16.8. The number of ether oxygens (including phenoxy) is 2. The van der Waals surface area contributed by atoms with Gasteiger partial charge in [0.1, 0.15) is 43.2 Å². The van der Waals surface area contributed by atoms with Crippen LogP contribution in [0, 0.1) is 0 Å². The van der Waals surface area contributed by atoms with E-state index in [1.54, 1.807) is 0 Å². The van der Waals surface area contributed by atoms with Gasteiger partial charge in [0.25, 0.3) is 0 Å². The maximum absolute atomic E-state index is 12.6. The first kappa shape index (κ1) is 40.6. The Morgan fingerprint density at radius 3 is 1.77 bits per heavy atom. The Hall–Kier alpha value is -1.41. The molecule has 0 aliphatic heterocycles. The van der Waals surface area contributed by atoms with Gasteiger partial charge in [0.15, 0.2) is 6.10 Å². The molecule has 0 spiro atoms. The van der Waals surface area contributed by atoms with Crippen LogP contribution in [0.4, 0.5) is 0 Å². The van der Waals surface area contributed by atoms with Crippen LogP contribution < -0.4 is 0 Å². The molecule has 1 saturated carbocycles. The van der Waals surface area contributed by atoms with Gasteiger partial charge in [-0.25, -0.2) is 4.57 Å². The van der Waals surface area contributed by atoms with E-state index in [1.807, 2.05) is 6.92 Å². The first-order valence-electron chi connectivity index (χ1n) is 16.0. The predicted molar refractivity (Wildman–Crippen MR) is 161 cm³/mol. The van der Waals surface area contributed by atoms with Gasteiger partial charge in [-0.3, -0.25) is 18.6 Å². The smallest absolute Gasteiger partial charge is 0.462 e. The number of unbranched alkanes of at least 4 members (excludes halogenated alkanes) is 10. The van der Waals surface area contributed by atoms with Gasteiger partial charge in [-0.2, -0.15) is 0 Å². The van der Waals surface area contributed by atoms with E-state index in [0.29, 0.717) is 12.8 Å². The van der Waals surface area contributed by atoms with Crippen molar-refractivity contribution in [1.82, 2.24) is 0 Å². The summed E-state index contributed by atoms with van der Waals surface area (Å²) in [6.07, 6.45) is 4.19. The quantitative estimate of drug-likeness (QED) is 0.0383. The summed E-state index contributed by atoms with van der Waals surface area (Å²) in [5.74, 6) is -1.14. The van der Waals surface area contributed by atoms with Gasteiger partial charge in [0, 0.05) is 12.8 Å². The molecule has 1 fully saturated rings. The van der Waals surface area contributed by atoms with Crippen molar-refractivity contribution in [3.63, 3.8) is 0 Å². The fourth-order valence-electron chi connectivity index (χ4n) is 4.63. The standard InChI is InChI=1S/C30H55O13P/c1-3-5-7-8-9-10-11-12-13-14-15-17-19-24(32)42-22(20-40-23(31)18-16-6-4-2)21-41-44(38,39)43-30-28(36)26(34)25(33)27(35)29(30)37/h9-10,22,25-30,33-37H,3-8,11-21H2,1-2H3,(H,38,39)/b10-9-. The topological polar surface area (TPSA) is 210 Å². The number of carbonyl (C=O) groups is 2. The van der Waals surface area contributed by atoms with E-state index >= 15 is 0 Å². The number of hydrogen-bond donors (Lipinski definition) is 6. The largest absolute Gasteiger partial charge is 0.472 e. The maximum atomic E-state index is 12.6. The first-order chi connectivity index (χ1) is 20.9. The van der Waals surface area contributed by atoms with Crippen molar-refractivity contribution < 1.29 is 63.1 Å². The van der Waals surface area contributed by atoms with Crippen LogP contribution in [0.1, 0.15) is 110 Å². The minimum absolute atomic E-state index is 0.0874. The number of esters is 2. The minimum Gasteiger partial charge on any atom is -0.462 e. The lowest BCUT2D eigenvalue weighted by Crippen LogP contribution is -2.64. The molecule has 6 unspecified atom stereocenters. The zero-order valence-electron chi connectivity index (χ0n) is 26.2. The number of aliphatic hydroxyl groups is 5. The molecule has 258 valence electrons. The number of phosphoric ester groups is 1. The number of rotatable bonds is 24. The van der Waals surface area contributed by atoms with Crippen molar-refractivity contribution in [2.45, 2.75) is 153 Å². The van der Waals surface area contributed by atoms with E-state index in [4.69, 9.17) is 18.5 Å². The van der Waals surface area contributed by atoms with Crippen molar-refractivity contribution in [2.24, 2.45) is 0 Å². The zero-order chi connectivity index (χ0) is 33.0. The molecular weight excluding hydrogens is 599 g/mol. The highest BCUT2D eigenvalue weighted by Crippen LogP contribution is 2.47. The number of carbonyl (C=O) groups excluding carboxylic acids is 2. The molecule has 0 radical (unpaired) electrons. The van der Waals surface area contributed by atoms with E-state index in [2.05, 4.69) is 19.1 Å². The van der Waals surface area contributed by atoms with E-state index in [-0.39, 0.29) is 12.8 Å². The van der Waals surface area contributed by atoms with Gasteiger partial charge in [-0.15, -0.1) is 0 Å². The van der Waals surface area contributed by atoms with E-state index in [0.717, 1.165) is 51.4 Å². The van der Waals surface area contributed by atoms with Crippen molar-refractivity contribution in [2.75, 3.05) is 13.2 Å². The highest BCUT2D eigenvalue weighted by Gasteiger charge is 2.51. The van der Waals surface area contributed by atoms with Crippen LogP contribution in [0.15, 0.2) is 12.2 Å². The number of phosphoric acid groups is 1. The number of allylic oxidation sites excluding steroid dienone is 2. The minimum atomic E-state index is -5.08. The summed E-state index contributed by atoms with van der Waals surface area (Å²) in [5, 5.41) is 49.5. The SMILES string of the molecule is CCCCC/C=C\CCCCCCCC(=O)OC(COC(=O)CCCCC)COP(=O)(O)OC1C(O)C(O)C(O)C(O)C1O. The Balaban J connectivity index is 2.56. The van der Waals surface area contributed by atoms with Crippen molar-refractivity contribution in [3.05, 3.63) is 12.2 Å². The Kier molecular flexibility index (Phi) is 21.2. The summed E-state index contributed by atoms with van der Waals surface area (Å²) in [4.78, 5) is 34.7. The average Bonchev–Trinajstić information content (AvgIpc) is 2.99. The highest BCUT2D eigenvalue weighted by atomic mass is 31.2. The maximum Gasteiger partial charge on any atom is 0.472 e. The zero-order valence-corrected chi connectivity index (χ0v) is 27.1. The van der Waals surface area contributed by atoms with Crippen LogP contribution in [0.5, 0.6) is 0 Å². The second kappa shape index (κ2) is 23.0. The van der Waals surface area contributed by atoms with Gasteiger partial charge in [-0.1, -0.05) is 70.9 Å². The number of aliphatic hydroxyl groups excluding tert-OH is 5. The third-order valence-electron chi connectivity index (χ3n) is 7.36. The normalized spacial score (nSPS) is 25.9. The summed E-state index contributed by atoms with van der Waals surface area (Å²) >= 11 is 0. The van der Waals surface area contributed by atoms with E-state index in [9.17, 15) is 44.6 Å². The summed E-state index contributed by atoms with van der Waals surface area (Å²) in [6, 6.07) is 0. The lowest BCUT2D eigenvalue weighted by molar-refractivity contribution is -0.220. The van der Waals surface area contributed by atoms with Crippen LogP contribution in [-0.2, 0) is 32.7 Å². The van der Waals surface area contributed by atoms with Crippen LogP contribution in [-0.4, -0.2) is 98.3 Å². The van der Waals surface area contributed by atoms with Crippen molar-refractivity contribution >= 4 is 19.8 Å². The first-order valence-corrected chi connectivity index (χ1v) is 17.5. The molecule has 13 nitrogen and oxygen atoms in total. The Morgan fingerprint density at radius 2 is 1.16 bits per heavy atom. The lowest BCUT2D eigenvalue weighted by atomic mass is 9.85. The third-order valence-corrected chi connectivity index (χ3v) is 8.34. The molecule has 1 rings (SSSR count). The monoisotopic (exact) mass is 654 g/mol. The second-order valence-electron chi connectivity index (χ2n) is 11.3. The van der Waals surface area contributed by atoms with Crippen LogP contribution in [0.25, 0.3) is 0 Å². The summed E-state index contributed by atoms with van der Waals surface area (Å²) in [7, 11) is -5.08. The fourth-order valence-corrected chi connectivity index (χ4v) is 5.60. The molecule has 0 aromatic carbocycles. The van der Waals surface area contributed by atoms with Crippen LogP contribution in [0.3, 0.4) is 0 Å². The average molecular weight is 655 g/mol. The molecule has 0 saturated heterocycles.